The smallest absolute Gasteiger partial charge is 0.417 e. The molecule has 3 nitrogen and oxygen atoms in total. The number of hydrogen-bond acceptors (Lipinski definition) is 3. The molecule has 12 heteroatoms. The maximum atomic E-state index is 14.2. The zero-order valence-corrected chi connectivity index (χ0v) is 20.2. The molecule has 0 N–H and O–H groups in total. The summed E-state index contributed by atoms with van der Waals surface area (Å²) in [7, 11) is 0. The molecular formula is C29H13F9N2O. The Hall–Kier alpha value is -4.61. The van der Waals surface area contributed by atoms with Gasteiger partial charge < -0.3 is 4.42 Å². The number of alkyl halides is 9. The van der Waals surface area contributed by atoms with E-state index in [1.165, 1.54) is 12.1 Å². The van der Waals surface area contributed by atoms with E-state index in [2.05, 4.69) is 10.2 Å². The maximum Gasteiger partial charge on any atom is 0.417 e. The maximum absolute atomic E-state index is 14.2. The van der Waals surface area contributed by atoms with Crippen molar-refractivity contribution in [3.63, 3.8) is 0 Å². The fourth-order valence-electron chi connectivity index (χ4n) is 4.81. The van der Waals surface area contributed by atoms with Crippen molar-refractivity contribution in [2.45, 2.75) is 18.5 Å². The van der Waals surface area contributed by atoms with Crippen LogP contribution in [0.2, 0.25) is 0 Å². The first-order valence-corrected chi connectivity index (χ1v) is 11.8. The molecule has 0 fully saturated rings. The van der Waals surface area contributed by atoms with E-state index in [-0.39, 0.29) is 34.4 Å². The first-order valence-electron chi connectivity index (χ1n) is 11.8. The number of para-hydroxylation sites is 1. The van der Waals surface area contributed by atoms with E-state index in [1.54, 1.807) is 54.6 Å². The molecule has 4 aromatic carbocycles. The normalized spacial score (nSPS) is 13.0. The van der Waals surface area contributed by atoms with Crippen molar-refractivity contribution in [2.24, 2.45) is 0 Å². The topological polar surface area (TPSA) is 38.9 Å². The minimum atomic E-state index is -5.60. The van der Waals surface area contributed by atoms with Crippen LogP contribution in [-0.4, -0.2) is 10.2 Å². The van der Waals surface area contributed by atoms with Crippen LogP contribution in [-0.2, 0) is 18.5 Å². The van der Waals surface area contributed by atoms with Crippen LogP contribution in [0.15, 0.2) is 83.3 Å². The third-order valence-corrected chi connectivity index (χ3v) is 6.62. The quantitative estimate of drug-likeness (QED) is 0.152. The number of halogens is 9. The van der Waals surface area contributed by atoms with Gasteiger partial charge in [0, 0.05) is 21.7 Å². The lowest BCUT2D eigenvalue weighted by Gasteiger charge is -2.22. The van der Waals surface area contributed by atoms with Crippen molar-refractivity contribution in [3.8, 4) is 22.7 Å². The molecule has 0 aliphatic carbocycles. The average molecular weight is 576 g/mol. The van der Waals surface area contributed by atoms with Crippen LogP contribution in [0.25, 0.3) is 55.2 Å². The molecule has 2 aromatic heterocycles. The van der Waals surface area contributed by atoms with Crippen molar-refractivity contribution in [2.75, 3.05) is 0 Å². The molecular weight excluding hydrogens is 563 g/mol. The summed E-state index contributed by atoms with van der Waals surface area (Å²) in [4.78, 5) is 0. The molecule has 0 spiro atoms. The zero-order chi connectivity index (χ0) is 29.3. The van der Waals surface area contributed by atoms with E-state index < -0.39 is 46.5 Å². The SMILES string of the molecule is FC(F)(F)c1cc(C(F)(F)F)c(-c2nnc(-c3cc4ccccc4o3)c3cc4ccccc4cc23)c(C(F)(F)F)c1. The summed E-state index contributed by atoms with van der Waals surface area (Å²) in [6.45, 7) is 0. The Balaban J connectivity index is 1.76. The molecule has 0 saturated carbocycles. The first kappa shape index (κ1) is 26.6. The molecule has 41 heavy (non-hydrogen) atoms. The predicted octanol–water partition coefficient (Wildman–Crippen LogP) is 9.92. The highest BCUT2D eigenvalue weighted by molar-refractivity contribution is 6.09. The second kappa shape index (κ2) is 8.95. The summed E-state index contributed by atoms with van der Waals surface area (Å²) in [5.41, 5.74) is -8.33. The summed E-state index contributed by atoms with van der Waals surface area (Å²) in [6, 6.07) is 17.1. The van der Waals surface area contributed by atoms with E-state index in [1.807, 2.05) is 0 Å². The Morgan fingerprint density at radius 3 is 1.51 bits per heavy atom. The van der Waals surface area contributed by atoms with E-state index in [9.17, 15) is 39.5 Å². The largest absolute Gasteiger partial charge is 0.454 e. The second-order valence-corrected chi connectivity index (χ2v) is 9.23. The fourth-order valence-corrected chi connectivity index (χ4v) is 4.81. The van der Waals surface area contributed by atoms with Crippen molar-refractivity contribution in [1.29, 1.82) is 0 Å². The standard InChI is InChI=1S/C29H13F9N2O/c30-27(31,32)17-12-20(28(33,34)35)24(21(13-17)29(36,37)38)26-19-10-15-6-2-1-5-14(15)9-18(19)25(39-40-26)23-11-16-7-3-4-8-22(16)41-23/h1-13H. The summed E-state index contributed by atoms with van der Waals surface area (Å²) in [5, 5.41) is 9.33. The minimum Gasteiger partial charge on any atom is -0.454 e. The summed E-state index contributed by atoms with van der Waals surface area (Å²) in [6.07, 6.45) is -16.7. The Bertz CT molecular complexity index is 1900. The van der Waals surface area contributed by atoms with Gasteiger partial charge in [0.15, 0.2) is 5.76 Å². The van der Waals surface area contributed by atoms with Crippen molar-refractivity contribution >= 4 is 32.5 Å². The number of benzene rings is 4. The third-order valence-electron chi connectivity index (χ3n) is 6.62. The lowest BCUT2D eigenvalue weighted by molar-refractivity contribution is -0.147. The third kappa shape index (κ3) is 4.62. The van der Waals surface area contributed by atoms with Crippen molar-refractivity contribution in [1.82, 2.24) is 10.2 Å². The highest BCUT2D eigenvalue weighted by atomic mass is 19.4. The van der Waals surface area contributed by atoms with Crippen LogP contribution in [0.5, 0.6) is 0 Å². The minimum absolute atomic E-state index is 0.0275. The Morgan fingerprint density at radius 1 is 0.512 bits per heavy atom. The van der Waals surface area contributed by atoms with Gasteiger partial charge in [0.1, 0.15) is 17.0 Å². The van der Waals surface area contributed by atoms with Gasteiger partial charge in [0.05, 0.1) is 16.7 Å². The molecule has 0 atom stereocenters. The Kier molecular flexibility index (Phi) is 5.81. The molecule has 6 rings (SSSR count). The van der Waals surface area contributed by atoms with Crippen LogP contribution in [0.1, 0.15) is 16.7 Å². The van der Waals surface area contributed by atoms with Gasteiger partial charge in [-0.2, -0.15) is 39.5 Å². The molecule has 0 saturated heterocycles. The van der Waals surface area contributed by atoms with Crippen LogP contribution in [0.3, 0.4) is 0 Å². The van der Waals surface area contributed by atoms with Gasteiger partial charge in [-0.25, -0.2) is 0 Å². The van der Waals surface area contributed by atoms with Gasteiger partial charge in [-0.15, -0.1) is 10.2 Å². The molecule has 0 bridgehead atoms. The van der Waals surface area contributed by atoms with Crippen LogP contribution >= 0.6 is 0 Å². The van der Waals surface area contributed by atoms with Crippen LogP contribution in [0, 0.1) is 0 Å². The highest BCUT2D eigenvalue weighted by Gasteiger charge is 2.46. The molecule has 2 heterocycles. The van der Waals surface area contributed by atoms with Gasteiger partial charge in [-0.3, -0.25) is 0 Å². The number of furan rings is 1. The zero-order valence-electron chi connectivity index (χ0n) is 20.2. The van der Waals surface area contributed by atoms with Crippen LogP contribution < -0.4 is 0 Å². The molecule has 208 valence electrons. The van der Waals surface area contributed by atoms with Crippen LogP contribution in [0.4, 0.5) is 39.5 Å². The van der Waals surface area contributed by atoms with Gasteiger partial charge in [0.25, 0.3) is 0 Å². The first-order chi connectivity index (χ1) is 19.2. The Morgan fingerprint density at radius 2 is 1.00 bits per heavy atom. The molecule has 6 aromatic rings. The van der Waals surface area contributed by atoms with E-state index in [0.717, 1.165) is 0 Å². The lowest BCUT2D eigenvalue weighted by Crippen LogP contribution is -2.18. The summed E-state index contributed by atoms with van der Waals surface area (Å²) in [5.74, 6) is 0.144. The number of hydrogen-bond donors (Lipinski definition) is 0. The average Bonchev–Trinajstić information content (AvgIpc) is 3.33. The van der Waals surface area contributed by atoms with Gasteiger partial charge in [-0.1, -0.05) is 42.5 Å². The number of fused-ring (bicyclic) bond motifs is 3. The molecule has 0 unspecified atom stereocenters. The predicted molar refractivity (Wildman–Crippen MR) is 133 cm³/mol. The number of aromatic nitrogens is 2. The summed E-state index contributed by atoms with van der Waals surface area (Å²) >= 11 is 0. The highest BCUT2D eigenvalue weighted by Crippen LogP contribution is 2.49. The fraction of sp³-hybridized carbons (Fsp3) is 0.103. The van der Waals surface area contributed by atoms with Crippen molar-refractivity contribution < 1.29 is 43.9 Å². The second-order valence-electron chi connectivity index (χ2n) is 9.23. The molecule has 0 aliphatic rings. The molecule has 0 amide bonds. The van der Waals surface area contributed by atoms with Gasteiger partial charge in [0.2, 0.25) is 0 Å². The van der Waals surface area contributed by atoms with Gasteiger partial charge >= 0.3 is 18.5 Å². The van der Waals surface area contributed by atoms with Crippen molar-refractivity contribution in [3.05, 3.63) is 95.6 Å². The van der Waals surface area contributed by atoms with E-state index in [0.29, 0.717) is 21.7 Å². The Labute approximate surface area is 223 Å². The summed E-state index contributed by atoms with van der Waals surface area (Å²) < 4.78 is 131. The van der Waals surface area contributed by atoms with E-state index >= 15 is 0 Å². The monoisotopic (exact) mass is 576 g/mol. The lowest BCUT2D eigenvalue weighted by atomic mass is 9.90. The van der Waals surface area contributed by atoms with Gasteiger partial charge in [-0.05, 0) is 47.2 Å². The van der Waals surface area contributed by atoms with E-state index in [4.69, 9.17) is 4.42 Å². The number of rotatable bonds is 2. The molecule has 0 radical (unpaired) electrons. The number of nitrogens with zero attached hydrogens (tertiary/aromatic N) is 2. The molecule has 0 aliphatic heterocycles.